The second kappa shape index (κ2) is 7.65. The number of nitrogens with zero attached hydrogens (tertiary/aromatic N) is 1. The van der Waals surface area contributed by atoms with Crippen LogP contribution in [0.4, 0.5) is 10.7 Å². The smallest absolute Gasteiger partial charge is 0.282 e. The number of nitrogens with one attached hydrogen (secondary N) is 2. The number of nitro benzene ring substituents is 1. The zero-order valence-electron chi connectivity index (χ0n) is 14.3. The normalized spacial score (nSPS) is 13.0. The molecular weight excluding hydrogens is 354 g/mol. The molecule has 0 atom stereocenters. The summed E-state index contributed by atoms with van der Waals surface area (Å²) in [5.41, 5.74) is 1.21. The van der Waals surface area contributed by atoms with Gasteiger partial charge in [0.25, 0.3) is 17.5 Å². The predicted octanol–water partition coefficient (Wildman–Crippen LogP) is 3.54. The number of benzene rings is 1. The van der Waals surface area contributed by atoms with Gasteiger partial charge in [-0.1, -0.05) is 12.1 Å². The van der Waals surface area contributed by atoms with E-state index in [1.54, 1.807) is 6.07 Å². The number of carbonyl (C=O) groups excluding carboxylic acids is 2. The van der Waals surface area contributed by atoms with E-state index in [-0.39, 0.29) is 17.2 Å². The van der Waals surface area contributed by atoms with E-state index in [2.05, 4.69) is 10.6 Å². The molecule has 136 valence electrons. The topological polar surface area (TPSA) is 101 Å². The molecule has 2 amide bonds. The molecule has 2 N–H and O–H groups in total. The molecule has 1 aliphatic rings. The molecule has 0 aliphatic heterocycles. The summed E-state index contributed by atoms with van der Waals surface area (Å²) < 4.78 is 0. The van der Waals surface area contributed by atoms with Crippen molar-refractivity contribution in [1.29, 1.82) is 0 Å². The summed E-state index contributed by atoms with van der Waals surface area (Å²) in [5, 5.41) is 17.1. The van der Waals surface area contributed by atoms with Gasteiger partial charge in [-0.15, -0.1) is 11.3 Å². The number of anilines is 1. The van der Waals surface area contributed by atoms with Crippen LogP contribution < -0.4 is 10.6 Å². The number of fused-ring (bicyclic) bond motifs is 1. The minimum atomic E-state index is -0.584. The van der Waals surface area contributed by atoms with Crippen molar-refractivity contribution in [3.8, 4) is 0 Å². The van der Waals surface area contributed by atoms with E-state index in [0.717, 1.165) is 36.1 Å². The van der Waals surface area contributed by atoms with E-state index in [4.69, 9.17) is 0 Å². The molecule has 1 heterocycles. The molecule has 26 heavy (non-hydrogen) atoms. The van der Waals surface area contributed by atoms with E-state index in [9.17, 15) is 19.7 Å². The maximum atomic E-state index is 12.6. The molecule has 0 bridgehead atoms. The van der Waals surface area contributed by atoms with E-state index in [0.29, 0.717) is 17.1 Å². The second-order valence-electron chi connectivity index (χ2n) is 6.00. The lowest BCUT2D eigenvalue weighted by molar-refractivity contribution is -0.385. The van der Waals surface area contributed by atoms with Gasteiger partial charge in [0, 0.05) is 17.5 Å². The van der Waals surface area contributed by atoms with Crippen LogP contribution in [0.15, 0.2) is 24.3 Å². The van der Waals surface area contributed by atoms with Gasteiger partial charge in [-0.2, -0.15) is 0 Å². The standard InChI is InChI=1S/C18H19N3O4S/c1-2-19-17(23)15-12-8-4-6-10-14(12)26-18(15)20-16(22)11-7-3-5-9-13(11)21(24)25/h3,5,7,9H,2,4,6,8,10H2,1H3,(H,19,23)(H,20,22). The molecule has 0 fully saturated rings. The Balaban J connectivity index is 1.97. The average molecular weight is 373 g/mol. The van der Waals surface area contributed by atoms with Crippen LogP contribution in [-0.4, -0.2) is 23.3 Å². The highest BCUT2D eigenvalue weighted by molar-refractivity contribution is 7.17. The molecule has 2 aromatic rings. The maximum Gasteiger partial charge on any atom is 0.282 e. The predicted molar refractivity (Wildman–Crippen MR) is 100 cm³/mol. The van der Waals surface area contributed by atoms with E-state index >= 15 is 0 Å². The van der Waals surface area contributed by atoms with E-state index in [1.165, 1.54) is 29.5 Å². The van der Waals surface area contributed by atoms with Crippen molar-refractivity contribution in [2.45, 2.75) is 32.6 Å². The SMILES string of the molecule is CCNC(=O)c1c(NC(=O)c2ccccc2[N+](=O)[O-])sc2c1CCCC2. The number of nitro groups is 1. The zero-order valence-corrected chi connectivity index (χ0v) is 15.1. The van der Waals surface area contributed by atoms with Crippen molar-refractivity contribution in [2.24, 2.45) is 0 Å². The van der Waals surface area contributed by atoms with Crippen molar-refractivity contribution < 1.29 is 14.5 Å². The highest BCUT2D eigenvalue weighted by Crippen LogP contribution is 2.38. The Labute approximate surface area is 154 Å². The summed E-state index contributed by atoms with van der Waals surface area (Å²) in [4.78, 5) is 36.9. The van der Waals surface area contributed by atoms with Gasteiger partial charge in [-0.05, 0) is 44.2 Å². The van der Waals surface area contributed by atoms with Crippen LogP contribution in [0.5, 0.6) is 0 Å². The first-order valence-electron chi connectivity index (χ1n) is 8.50. The van der Waals surface area contributed by atoms with Crippen LogP contribution in [0, 0.1) is 10.1 Å². The van der Waals surface area contributed by atoms with E-state index in [1.807, 2.05) is 6.92 Å². The highest BCUT2D eigenvalue weighted by atomic mass is 32.1. The second-order valence-corrected chi connectivity index (χ2v) is 7.11. The number of hydrogen-bond acceptors (Lipinski definition) is 5. The third kappa shape index (κ3) is 3.45. The number of carbonyl (C=O) groups is 2. The van der Waals surface area contributed by atoms with Crippen molar-refractivity contribution in [1.82, 2.24) is 5.32 Å². The minimum absolute atomic E-state index is 0.0225. The van der Waals surface area contributed by atoms with Gasteiger partial charge >= 0.3 is 0 Å². The van der Waals surface area contributed by atoms with Crippen LogP contribution in [0.3, 0.4) is 0 Å². The zero-order chi connectivity index (χ0) is 18.7. The van der Waals surface area contributed by atoms with Crippen molar-refractivity contribution in [3.63, 3.8) is 0 Å². The number of rotatable bonds is 5. The summed E-state index contributed by atoms with van der Waals surface area (Å²) >= 11 is 1.39. The Hall–Kier alpha value is -2.74. The molecule has 3 rings (SSSR count). The summed E-state index contributed by atoms with van der Waals surface area (Å²) in [7, 11) is 0. The Bertz CT molecular complexity index is 875. The van der Waals surface area contributed by atoms with E-state index < -0.39 is 10.8 Å². The summed E-state index contributed by atoms with van der Waals surface area (Å²) in [5.74, 6) is -0.800. The molecule has 1 aromatic carbocycles. The molecule has 0 spiro atoms. The summed E-state index contributed by atoms with van der Waals surface area (Å²) in [6, 6.07) is 5.79. The average Bonchev–Trinajstić information content (AvgIpc) is 2.99. The minimum Gasteiger partial charge on any atom is -0.352 e. The molecule has 1 aliphatic carbocycles. The van der Waals surface area contributed by atoms with Crippen molar-refractivity contribution in [3.05, 3.63) is 55.9 Å². The summed E-state index contributed by atoms with van der Waals surface area (Å²) in [6.45, 7) is 2.32. The van der Waals surface area contributed by atoms with Crippen LogP contribution in [-0.2, 0) is 12.8 Å². The lowest BCUT2D eigenvalue weighted by Crippen LogP contribution is -2.25. The van der Waals surface area contributed by atoms with Crippen LogP contribution in [0.1, 0.15) is 50.9 Å². The highest BCUT2D eigenvalue weighted by Gasteiger charge is 2.27. The van der Waals surface area contributed by atoms with Gasteiger partial charge in [0.15, 0.2) is 0 Å². The largest absolute Gasteiger partial charge is 0.352 e. The lowest BCUT2D eigenvalue weighted by atomic mass is 9.95. The molecule has 0 radical (unpaired) electrons. The first-order chi connectivity index (χ1) is 12.5. The fourth-order valence-corrected chi connectivity index (χ4v) is 4.42. The summed E-state index contributed by atoms with van der Waals surface area (Å²) in [6.07, 6.45) is 3.75. The van der Waals surface area contributed by atoms with Crippen molar-refractivity contribution >= 4 is 33.8 Å². The molecule has 0 saturated heterocycles. The Morgan fingerprint density at radius 1 is 1.19 bits per heavy atom. The number of hydrogen-bond donors (Lipinski definition) is 2. The molecule has 0 unspecified atom stereocenters. The third-order valence-corrected chi connectivity index (χ3v) is 5.52. The molecular formula is C18H19N3O4S. The maximum absolute atomic E-state index is 12.6. The first-order valence-corrected chi connectivity index (χ1v) is 9.32. The third-order valence-electron chi connectivity index (χ3n) is 4.31. The number of amides is 2. The van der Waals surface area contributed by atoms with Gasteiger partial charge in [-0.3, -0.25) is 19.7 Å². The van der Waals surface area contributed by atoms with Crippen molar-refractivity contribution in [2.75, 3.05) is 11.9 Å². The lowest BCUT2D eigenvalue weighted by Gasteiger charge is -2.12. The van der Waals surface area contributed by atoms with Gasteiger partial charge in [0.2, 0.25) is 0 Å². The molecule has 1 aromatic heterocycles. The first kappa shape index (κ1) is 18.1. The quantitative estimate of drug-likeness (QED) is 0.618. The molecule has 7 nitrogen and oxygen atoms in total. The van der Waals surface area contributed by atoms with Gasteiger partial charge in [0.1, 0.15) is 10.6 Å². The van der Waals surface area contributed by atoms with Crippen LogP contribution >= 0.6 is 11.3 Å². The number of para-hydroxylation sites is 1. The van der Waals surface area contributed by atoms with Gasteiger partial charge in [0.05, 0.1) is 10.5 Å². The fraction of sp³-hybridized carbons (Fsp3) is 0.333. The Morgan fingerprint density at radius 2 is 1.92 bits per heavy atom. The molecule has 8 heteroatoms. The van der Waals surface area contributed by atoms with Gasteiger partial charge < -0.3 is 10.6 Å². The fourth-order valence-electron chi connectivity index (χ4n) is 3.14. The van der Waals surface area contributed by atoms with Gasteiger partial charge in [-0.25, -0.2) is 0 Å². The monoisotopic (exact) mass is 373 g/mol. The molecule has 0 saturated carbocycles. The Kier molecular flexibility index (Phi) is 5.32. The number of aryl methyl sites for hydroxylation is 1. The van der Waals surface area contributed by atoms with Crippen LogP contribution in [0.2, 0.25) is 0 Å². The number of thiophene rings is 1. The van der Waals surface area contributed by atoms with Crippen LogP contribution in [0.25, 0.3) is 0 Å². The Morgan fingerprint density at radius 3 is 2.65 bits per heavy atom.